The van der Waals surface area contributed by atoms with Gasteiger partial charge in [0, 0.05) is 65.1 Å². The summed E-state index contributed by atoms with van der Waals surface area (Å²) in [5, 5.41) is 0. The van der Waals surface area contributed by atoms with Crippen molar-refractivity contribution in [2.24, 2.45) is 0 Å². The Morgan fingerprint density at radius 2 is 1.95 bits per heavy atom. The van der Waals surface area contributed by atoms with Gasteiger partial charge in [-0.15, -0.1) is 0 Å². The van der Waals surface area contributed by atoms with E-state index in [1.165, 1.54) is 5.56 Å². The van der Waals surface area contributed by atoms with E-state index in [9.17, 15) is 9.59 Å². The van der Waals surface area contributed by atoms with E-state index in [0.717, 1.165) is 52.1 Å². The molecule has 1 aliphatic heterocycles. The molecule has 2 heterocycles. The molecule has 1 saturated heterocycles. The second-order valence-corrected chi connectivity index (χ2v) is 5.65. The van der Waals surface area contributed by atoms with Gasteiger partial charge in [0.2, 0.25) is 12.3 Å². The summed E-state index contributed by atoms with van der Waals surface area (Å²) in [4.78, 5) is 32.6. The van der Waals surface area contributed by atoms with E-state index in [-0.39, 0.29) is 5.91 Å². The third kappa shape index (κ3) is 5.11. The first-order valence-electron chi connectivity index (χ1n) is 7.73. The molecule has 1 fully saturated rings. The first-order valence-corrected chi connectivity index (χ1v) is 7.73. The number of amides is 2. The number of hydrogen-bond donors (Lipinski definition) is 0. The molecule has 1 aromatic rings. The molecule has 0 aromatic carbocycles. The summed E-state index contributed by atoms with van der Waals surface area (Å²) in [7, 11) is 1.86. The standard InChI is InChI=1S/C16H24N4O2/c1-18(8-4-15-2-6-17-7-3-15)16(22)5-9-19-10-12-20(14-21)13-11-19/h2-3,6-7,14H,4-5,8-13H2,1H3. The maximum Gasteiger partial charge on any atom is 0.223 e. The molecule has 0 aliphatic carbocycles. The summed E-state index contributed by atoms with van der Waals surface area (Å²) < 4.78 is 0. The van der Waals surface area contributed by atoms with Crippen LogP contribution in [-0.2, 0) is 16.0 Å². The minimum Gasteiger partial charge on any atom is -0.345 e. The Balaban J connectivity index is 1.65. The molecule has 0 saturated carbocycles. The molecule has 1 aromatic heterocycles. The van der Waals surface area contributed by atoms with Gasteiger partial charge in [0.1, 0.15) is 0 Å². The fraction of sp³-hybridized carbons (Fsp3) is 0.562. The highest BCUT2D eigenvalue weighted by atomic mass is 16.2. The Morgan fingerprint density at radius 3 is 2.59 bits per heavy atom. The highest BCUT2D eigenvalue weighted by Crippen LogP contribution is 2.03. The number of carbonyl (C=O) groups excluding carboxylic acids is 2. The zero-order valence-corrected chi connectivity index (χ0v) is 13.1. The molecule has 2 rings (SSSR count). The summed E-state index contributed by atoms with van der Waals surface area (Å²) in [5.41, 5.74) is 1.19. The number of pyridine rings is 1. The lowest BCUT2D eigenvalue weighted by Crippen LogP contribution is -2.46. The van der Waals surface area contributed by atoms with Crippen molar-refractivity contribution >= 4 is 12.3 Å². The van der Waals surface area contributed by atoms with Gasteiger partial charge in [0.05, 0.1) is 0 Å². The minimum absolute atomic E-state index is 0.173. The predicted octanol–water partition coefficient (Wildman–Crippen LogP) is 0.247. The van der Waals surface area contributed by atoms with Crippen molar-refractivity contribution in [3.05, 3.63) is 30.1 Å². The van der Waals surface area contributed by atoms with Crippen molar-refractivity contribution in [3.63, 3.8) is 0 Å². The largest absolute Gasteiger partial charge is 0.345 e. The number of piperazine rings is 1. The molecule has 120 valence electrons. The molecule has 1 aliphatic rings. The van der Waals surface area contributed by atoms with Gasteiger partial charge in [-0.25, -0.2) is 0 Å². The monoisotopic (exact) mass is 304 g/mol. The van der Waals surface area contributed by atoms with Crippen LogP contribution in [0, 0.1) is 0 Å². The minimum atomic E-state index is 0.173. The van der Waals surface area contributed by atoms with E-state index in [0.29, 0.717) is 6.42 Å². The molecule has 2 amide bonds. The highest BCUT2D eigenvalue weighted by molar-refractivity contribution is 5.76. The van der Waals surface area contributed by atoms with Crippen molar-refractivity contribution in [1.82, 2.24) is 19.7 Å². The predicted molar refractivity (Wildman–Crippen MR) is 84.3 cm³/mol. The zero-order chi connectivity index (χ0) is 15.8. The molecule has 0 unspecified atom stereocenters. The lowest BCUT2D eigenvalue weighted by atomic mass is 10.2. The van der Waals surface area contributed by atoms with Crippen molar-refractivity contribution < 1.29 is 9.59 Å². The zero-order valence-electron chi connectivity index (χ0n) is 13.1. The van der Waals surface area contributed by atoms with Gasteiger partial charge in [-0.05, 0) is 24.1 Å². The van der Waals surface area contributed by atoms with Gasteiger partial charge in [0.25, 0.3) is 0 Å². The van der Waals surface area contributed by atoms with E-state index in [4.69, 9.17) is 0 Å². The highest BCUT2D eigenvalue weighted by Gasteiger charge is 2.17. The normalized spacial score (nSPS) is 15.6. The maximum absolute atomic E-state index is 12.1. The lowest BCUT2D eigenvalue weighted by molar-refractivity contribution is -0.130. The number of rotatable bonds is 7. The van der Waals surface area contributed by atoms with Crippen LogP contribution in [-0.4, -0.2) is 78.3 Å². The molecule has 0 radical (unpaired) electrons. The van der Waals surface area contributed by atoms with E-state index in [1.807, 2.05) is 19.2 Å². The molecule has 0 N–H and O–H groups in total. The van der Waals surface area contributed by atoms with Crippen LogP contribution in [0.3, 0.4) is 0 Å². The Bertz CT molecular complexity index is 472. The van der Waals surface area contributed by atoms with E-state index in [1.54, 1.807) is 22.2 Å². The van der Waals surface area contributed by atoms with Crippen LogP contribution in [0.1, 0.15) is 12.0 Å². The number of hydrogen-bond acceptors (Lipinski definition) is 4. The second kappa shape index (κ2) is 8.48. The second-order valence-electron chi connectivity index (χ2n) is 5.65. The van der Waals surface area contributed by atoms with Crippen LogP contribution >= 0.6 is 0 Å². The fourth-order valence-corrected chi connectivity index (χ4v) is 2.51. The SMILES string of the molecule is CN(CCc1ccncc1)C(=O)CCN1CCN(C=O)CC1. The average molecular weight is 304 g/mol. The fourth-order valence-electron chi connectivity index (χ4n) is 2.51. The first kappa shape index (κ1) is 16.4. The first-order chi connectivity index (χ1) is 10.7. The van der Waals surface area contributed by atoms with Crippen molar-refractivity contribution in [2.45, 2.75) is 12.8 Å². The van der Waals surface area contributed by atoms with Crippen molar-refractivity contribution in [2.75, 3.05) is 46.3 Å². The van der Waals surface area contributed by atoms with Gasteiger partial charge in [-0.3, -0.25) is 19.5 Å². The van der Waals surface area contributed by atoms with Crippen LogP contribution in [0.25, 0.3) is 0 Å². The summed E-state index contributed by atoms with van der Waals surface area (Å²) in [6.45, 7) is 4.72. The maximum atomic E-state index is 12.1. The topological polar surface area (TPSA) is 56.8 Å². The van der Waals surface area contributed by atoms with Crippen LogP contribution in [0.4, 0.5) is 0 Å². The van der Waals surface area contributed by atoms with Gasteiger partial charge in [-0.1, -0.05) is 0 Å². The summed E-state index contributed by atoms with van der Waals surface area (Å²) in [5.74, 6) is 0.173. The van der Waals surface area contributed by atoms with Crippen LogP contribution < -0.4 is 0 Å². The van der Waals surface area contributed by atoms with Crippen molar-refractivity contribution in [3.8, 4) is 0 Å². The summed E-state index contributed by atoms with van der Waals surface area (Å²) in [6.07, 6.45) is 5.83. The molecule has 0 spiro atoms. The number of likely N-dealkylation sites (N-methyl/N-ethyl adjacent to an activating group) is 1. The van der Waals surface area contributed by atoms with Gasteiger partial charge >= 0.3 is 0 Å². The number of nitrogens with zero attached hydrogens (tertiary/aromatic N) is 4. The summed E-state index contributed by atoms with van der Waals surface area (Å²) >= 11 is 0. The lowest BCUT2D eigenvalue weighted by Gasteiger charge is -2.32. The number of aromatic nitrogens is 1. The average Bonchev–Trinajstić information content (AvgIpc) is 2.58. The molecule has 0 bridgehead atoms. The van der Waals surface area contributed by atoms with Crippen LogP contribution in [0.2, 0.25) is 0 Å². The Labute approximate surface area is 131 Å². The Morgan fingerprint density at radius 1 is 1.27 bits per heavy atom. The molecular weight excluding hydrogens is 280 g/mol. The third-order valence-electron chi connectivity index (χ3n) is 4.11. The van der Waals surface area contributed by atoms with E-state index >= 15 is 0 Å². The van der Waals surface area contributed by atoms with E-state index < -0.39 is 0 Å². The Kier molecular flexibility index (Phi) is 6.33. The van der Waals surface area contributed by atoms with Gasteiger partial charge in [0.15, 0.2) is 0 Å². The molecule has 0 atom stereocenters. The Hall–Kier alpha value is -1.95. The van der Waals surface area contributed by atoms with Crippen molar-refractivity contribution in [1.29, 1.82) is 0 Å². The third-order valence-corrected chi connectivity index (χ3v) is 4.11. The van der Waals surface area contributed by atoms with E-state index in [2.05, 4.69) is 9.88 Å². The van der Waals surface area contributed by atoms with Crippen LogP contribution in [0.5, 0.6) is 0 Å². The molecule has 6 nitrogen and oxygen atoms in total. The van der Waals surface area contributed by atoms with Gasteiger partial charge < -0.3 is 9.80 Å². The van der Waals surface area contributed by atoms with Crippen LogP contribution in [0.15, 0.2) is 24.5 Å². The molecule has 22 heavy (non-hydrogen) atoms. The van der Waals surface area contributed by atoms with Gasteiger partial charge in [-0.2, -0.15) is 0 Å². The summed E-state index contributed by atoms with van der Waals surface area (Å²) in [6, 6.07) is 3.95. The quantitative estimate of drug-likeness (QED) is 0.678. The molecule has 6 heteroatoms. The smallest absolute Gasteiger partial charge is 0.223 e. The number of carbonyl (C=O) groups is 2. The molecular formula is C16H24N4O2.